The molecule has 0 aliphatic carbocycles. The molecule has 0 unspecified atom stereocenters. The summed E-state index contributed by atoms with van der Waals surface area (Å²) < 4.78 is 5.10. The Morgan fingerprint density at radius 2 is 2.13 bits per heavy atom. The third-order valence-electron chi connectivity index (χ3n) is 2.08. The molecule has 0 spiro atoms. The van der Waals surface area contributed by atoms with E-state index in [0.29, 0.717) is 17.3 Å². The summed E-state index contributed by atoms with van der Waals surface area (Å²) in [5, 5.41) is 0.594. The van der Waals surface area contributed by atoms with E-state index in [4.69, 9.17) is 27.8 Å². The molecule has 0 aromatic heterocycles. The van der Waals surface area contributed by atoms with Crippen LogP contribution in [0.15, 0.2) is 18.2 Å². The first-order chi connectivity index (χ1) is 6.69. The van der Waals surface area contributed by atoms with Crippen LogP contribution in [0.2, 0.25) is 5.02 Å². The van der Waals surface area contributed by atoms with E-state index in [0.717, 1.165) is 12.0 Å². The van der Waals surface area contributed by atoms with Gasteiger partial charge in [0.05, 0.1) is 12.1 Å². The summed E-state index contributed by atoms with van der Waals surface area (Å²) >= 11 is 5.89. The van der Waals surface area contributed by atoms with E-state index in [9.17, 15) is 0 Å². The van der Waals surface area contributed by atoms with Gasteiger partial charge in [-0.3, -0.25) is 0 Å². The molecule has 0 heterocycles. The minimum absolute atomic E-state index is 0. The molecule has 0 aliphatic heterocycles. The molecule has 1 aromatic rings. The summed E-state index contributed by atoms with van der Waals surface area (Å²) in [7, 11) is 1.58. The molecule has 1 aromatic carbocycles. The summed E-state index contributed by atoms with van der Waals surface area (Å²) in [6.07, 6.45) is 0.755. The highest BCUT2D eigenvalue weighted by Crippen LogP contribution is 2.27. The molecule has 0 saturated heterocycles. The van der Waals surface area contributed by atoms with Gasteiger partial charge in [-0.05, 0) is 30.7 Å². The van der Waals surface area contributed by atoms with Crippen molar-refractivity contribution >= 4 is 24.0 Å². The lowest BCUT2D eigenvalue weighted by atomic mass is 10.0. The number of ether oxygens (including phenoxy) is 1. The maximum Gasteiger partial charge on any atom is 0.137 e. The molecule has 3 nitrogen and oxygen atoms in total. The highest BCUT2D eigenvalue weighted by Gasteiger charge is 2.08. The Morgan fingerprint density at radius 1 is 1.47 bits per heavy atom. The second kappa shape index (κ2) is 6.90. The van der Waals surface area contributed by atoms with Gasteiger partial charge in [0, 0.05) is 6.04 Å². The van der Waals surface area contributed by atoms with Gasteiger partial charge in [-0.15, -0.1) is 12.4 Å². The molecule has 86 valence electrons. The monoisotopic (exact) mass is 250 g/mol. The molecule has 0 saturated carbocycles. The Bertz CT molecular complexity index is 307. The van der Waals surface area contributed by atoms with Crippen molar-refractivity contribution in [1.29, 1.82) is 0 Å². The van der Waals surface area contributed by atoms with E-state index >= 15 is 0 Å². The Labute approximate surface area is 101 Å². The Balaban J connectivity index is 0.00000196. The molecule has 15 heavy (non-hydrogen) atoms. The standard InChI is InChI=1S/C10H15ClN2O.ClH/c1-14-10-6-7(2-3-8(10)11)9(13)4-5-12;/h2-3,6,9H,4-5,12-13H2,1H3;1H/t9-;/m0./s1. The van der Waals surface area contributed by atoms with E-state index in [2.05, 4.69) is 0 Å². The minimum atomic E-state index is -0.0498. The van der Waals surface area contributed by atoms with Crippen LogP contribution in [0.3, 0.4) is 0 Å². The normalized spacial score (nSPS) is 11.7. The summed E-state index contributed by atoms with van der Waals surface area (Å²) in [5.41, 5.74) is 12.3. The van der Waals surface area contributed by atoms with Crippen LogP contribution in [0.25, 0.3) is 0 Å². The lowest BCUT2D eigenvalue weighted by Crippen LogP contribution is -2.15. The van der Waals surface area contributed by atoms with Crippen molar-refractivity contribution in [2.45, 2.75) is 12.5 Å². The van der Waals surface area contributed by atoms with Crippen molar-refractivity contribution < 1.29 is 4.74 Å². The average Bonchev–Trinajstić information content (AvgIpc) is 2.19. The van der Waals surface area contributed by atoms with E-state index in [-0.39, 0.29) is 18.4 Å². The van der Waals surface area contributed by atoms with Gasteiger partial charge in [-0.2, -0.15) is 0 Å². The molecule has 0 bridgehead atoms. The van der Waals surface area contributed by atoms with E-state index in [1.54, 1.807) is 13.2 Å². The zero-order valence-corrected chi connectivity index (χ0v) is 10.1. The van der Waals surface area contributed by atoms with E-state index in [1.807, 2.05) is 12.1 Å². The van der Waals surface area contributed by atoms with Gasteiger partial charge in [0.1, 0.15) is 5.75 Å². The number of hydrogen-bond donors (Lipinski definition) is 2. The van der Waals surface area contributed by atoms with Gasteiger partial charge < -0.3 is 16.2 Å². The number of halogens is 2. The van der Waals surface area contributed by atoms with Gasteiger partial charge in [-0.1, -0.05) is 17.7 Å². The zero-order chi connectivity index (χ0) is 10.6. The van der Waals surface area contributed by atoms with Crippen LogP contribution in [-0.2, 0) is 0 Å². The van der Waals surface area contributed by atoms with Crippen molar-refractivity contribution in [2.24, 2.45) is 11.5 Å². The summed E-state index contributed by atoms with van der Waals surface area (Å²) in [6, 6.07) is 5.48. The van der Waals surface area contributed by atoms with Gasteiger partial charge in [-0.25, -0.2) is 0 Å². The second-order valence-corrected chi connectivity index (χ2v) is 3.49. The molecule has 0 amide bonds. The minimum Gasteiger partial charge on any atom is -0.495 e. The Kier molecular flexibility index (Phi) is 6.68. The lowest BCUT2D eigenvalue weighted by molar-refractivity contribution is 0.414. The van der Waals surface area contributed by atoms with E-state index in [1.165, 1.54) is 0 Å². The zero-order valence-electron chi connectivity index (χ0n) is 8.57. The largest absolute Gasteiger partial charge is 0.495 e. The average molecular weight is 251 g/mol. The molecule has 0 aliphatic rings. The van der Waals surface area contributed by atoms with E-state index < -0.39 is 0 Å². The Morgan fingerprint density at radius 3 is 2.67 bits per heavy atom. The fourth-order valence-corrected chi connectivity index (χ4v) is 1.45. The fourth-order valence-electron chi connectivity index (χ4n) is 1.25. The van der Waals surface area contributed by atoms with Crippen LogP contribution in [0.5, 0.6) is 5.75 Å². The van der Waals surface area contributed by atoms with Gasteiger partial charge in [0.2, 0.25) is 0 Å². The first kappa shape index (κ1) is 14.5. The molecule has 1 rings (SSSR count). The van der Waals surface area contributed by atoms with Crippen molar-refractivity contribution in [3.8, 4) is 5.75 Å². The number of rotatable bonds is 4. The SMILES string of the molecule is COc1cc([C@@H](N)CCN)ccc1Cl.Cl. The van der Waals surface area contributed by atoms with Crippen molar-refractivity contribution in [3.05, 3.63) is 28.8 Å². The van der Waals surface area contributed by atoms with Crippen molar-refractivity contribution in [1.82, 2.24) is 0 Å². The molecule has 0 fully saturated rings. The summed E-state index contributed by atoms with van der Waals surface area (Å²) in [4.78, 5) is 0. The number of hydrogen-bond acceptors (Lipinski definition) is 3. The summed E-state index contributed by atoms with van der Waals surface area (Å²) in [6.45, 7) is 0.576. The van der Waals surface area contributed by atoms with Crippen LogP contribution >= 0.6 is 24.0 Å². The smallest absolute Gasteiger partial charge is 0.137 e. The molecule has 1 atom stereocenters. The number of methoxy groups -OCH3 is 1. The molecule has 4 N–H and O–H groups in total. The van der Waals surface area contributed by atoms with Gasteiger partial charge in [0.15, 0.2) is 0 Å². The molecule has 5 heteroatoms. The quantitative estimate of drug-likeness (QED) is 0.861. The summed E-state index contributed by atoms with van der Waals surface area (Å²) in [5.74, 6) is 0.650. The highest BCUT2D eigenvalue weighted by molar-refractivity contribution is 6.32. The fraction of sp³-hybridized carbons (Fsp3) is 0.400. The van der Waals surface area contributed by atoms with Crippen LogP contribution in [0.4, 0.5) is 0 Å². The van der Waals surface area contributed by atoms with Crippen LogP contribution in [-0.4, -0.2) is 13.7 Å². The maximum atomic E-state index is 5.90. The van der Waals surface area contributed by atoms with Crippen LogP contribution < -0.4 is 16.2 Å². The lowest BCUT2D eigenvalue weighted by Gasteiger charge is -2.12. The number of nitrogens with two attached hydrogens (primary N) is 2. The Hall–Kier alpha value is -0.480. The highest BCUT2D eigenvalue weighted by atomic mass is 35.5. The predicted molar refractivity (Wildman–Crippen MR) is 65.9 cm³/mol. The third-order valence-corrected chi connectivity index (χ3v) is 2.39. The molecule has 0 radical (unpaired) electrons. The third kappa shape index (κ3) is 3.87. The molecular formula is C10H16Cl2N2O. The first-order valence-corrected chi connectivity index (χ1v) is 4.86. The van der Waals surface area contributed by atoms with Gasteiger partial charge in [0.25, 0.3) is 0 Å². The maximum absolute atomic E-state index is 5.90. The van der Waals surface area contributed by atoms with Crippen LogP contribution in [0, 0.1) is 0 Å². The second-order valence-electron chi connectivity index (χ2n) is 3.08. The topological polar surface area (TPSA) is 61.3 Å². The van der Waals surface area contributed by atoms with Crippen LogP contribution in [0.1, 0.15) is 18.0 Å². The van der Waals surface area contributed by atoms with Gasteiger partial charge >= 0.3 is 0 Å². The van der Waals surface area contributed by atoms with Crippen molar-refractivity contribution in [2.75, 3.05) is 13.7 Å². The molecular weight excluding hydrogens is 235 g/mol. The number of benzene rings is 1. The predicted octanol–water partition coefficient (Wildman–Crippen LogP) is 2.12. The van der Waals surface area contributed by atoms with Crippen molar-refractivity contribution in [3.63, 3.8) is 0 Å². The first-order valence-electron chi connectivity index (χ1n) is 4.48.